The molecule has 1 fully saturated rings. The molecule has 1 aliphatic heterocycles. The predicted octanol–water partition coefficient (Wildman–Crippen LogP) is 4.00. The largest absolute Gasteiger partial charge is 0.372 e. The van der Waals surface area contributed by atoms with Gasteiger partial charge in [-0.1, -0.05) is 20.8 Å². The summed E-state index contributed by atoms with van der Waals surface area (Å²) in [6, 6.07) is 0. The van der Waals surface area contributed by atoms with Gasteiger partial charge in [-0.3, -0.25) is 0 Å². The number of rotatable bonds is 8. The molecule has 0 spiro atoms. The van der Waals surface area contributed by atoms with Crippen LogP contribution in [0.15, 0.2) is 0 Å². The molecule has 1 N–H and O–H groups in total. The topological polar surface area (TPSA) is 21.3 Å². The maximum absolute atomic E-state index is 6.14. The van der Waals surface area contributed by atoms with Gasteiger partial charge in [-0.2, -0.15) is 0 Å². The first-order chi connectivity index (χ1) is 8.43. The van der Waals surface area contributed by atoms with Crippen molar-refractivity contribution in [3.8, 4) is 0 Å². The molecule has 108 valence electrons. The van der Waals surface area contributed by atoms with E-state index in [9.17, 15) is 0 Å². The molecule has 0 bridgehead atoms. The van der Waals surface area contributed by atoms with E-state index >= 15 is 0 Å². The molecule has 2 atom stereocenters. The maximum Gasteiger partial charge on any atom is 0.0631 e. The molecule has 1 heterocycles. The van der Waals surface area contributed by atoms with Gasteiger partial charge in [0.25, 0.3) is 0 Å². The van der Waals surface area contributed by atoms with Crippen LogP contribution in [0, 0.1) is 11.8 Å². The van der Waals surface area contributed by atoms with Crippen molar-refractivity contribution in [1.29, 1.82) is 0 Å². The zero-order chi connectivity index (χ0) is 13.6. The molecule has 18 heavy (non-hydrogen) atoms. The van der Waals surface area contributed by atoms with Crippen LogP contribution in [0.3, 0.4) is 0 Å². The minimum absolute atomic E-state index is 0.115. The molecule has 0 aromatic heterocycles. The van der Waals surface area contributed by atoms with Gasteiger partial charge in [0.05, 0.1) is 11.7 Å². The van der Waals surface area contributed by atoms with Gasteiger partial charge in [0.1, 0.15) is 0 Å². The predicted molar refractivity (Wildman–Crippen MR) is 78.9 cm³/mol. The Morgan fingerprint density at radius 2 is 2.06 bits per heavy atom. The minimum atomic E-state index is 0.115. The number of hydrogen-bond donors (Lipinski definition) is 1. The fourth-order valence-electron chi connectivity index (χ4n) is 3.03. The molecule has 0 aromatic carbocycles. The van der Waals surface area contributed by atoms with Crippen LogP contribution in [-0.2, 0) is 4.74 Å². The molecule has 1 aliphatic rings. The second kappa shape index (κ2) is 7.49. The van der Waals surface area contributed by atoms with Crippen molar-refractivity contribution in [2.45, 2.75) is 78.4 Å². The Morgan fingerprint density at radius 3 is 2.56 bits per heavy atom. The van der Waals surface area contributed by atoms with Crippen LogP contribution in [0.2, 0.25) is 0 Å². The van der Waals surface area contributed by atoms with E-state index in [1.807, 2.05) is 0 Å². The third-order valence-corrected chi connectivity index (χ3v) is 3.81. The summed E-state index contributed by atoms with van der Waals surface area (Å²) in [4.78, 5) is 0. The Labute approximate surface area is 114 Å². The average molecular weight is 255 g/mol. The van der Waals surface area contributed by atoms with Crippen LogP contribution >= 0.6 is 0 Å². The van der Waals surface area contributed by atoms with Crippen LogP contribution in [-0.4, -0.2) is 24.8 Å². The van der Waals surface area contributed by atoms with Gasteiger partial charge in [0.2, 0.25) is 0 Å². The maximum atomic E-state index is 6.14. The molecule has 2 unspecified atom stereocenters. The second-order valence-corrected chi connectivity index (χ2v) is 6.97. The highest BCUT2D eigenvalue weighted by Crippen LogP contribution is 2.33. The van der Waals surface area contributed by atoms with E-state index in [4.69, 9.17) is 4.74 Å². The molecule has 2 heteroatoms. The van der Waals surface area contributed by atoms with Gasteiger partial charge in [-0.25, -0.2) is 0 Å². The van der Waals surface area contributed by atoms with Gasteiger partial charge in [0, 0.05) is 0 Å². The van der Waals surface area contributed by atoms with Crippen LogP contribution in [0.5, 0.6) is 0 Å². The number of ether oxygens (including phenoxy) is 1. The first-order valence-corrected chi connectivity index (χ1v) is 7.81. The molecule has 0 amide bonds. The summed E-state index contributed by atoms with van der Waals surface area (Å²) in [6.45, 7) is 13.6. The fraction of sp³-hybridized carbons (Fsp3) is 1.00. The third kappa shape index (κ3) is 6.19. The quantitative estimate of drug-likeness (QED) is 0.662. The summed E-state index contributed by atoms with van der Waals surface area (Å²) in [5, 5.41) is 3.58. The highest BCUT2D eigenvalue weighted by Gasteiger charge is 2.32. The lowest BCUT2D eigenvalue weighted by Gasteiger charge is -2.25. The SMILES string of the molecule is CCCNCC(CC(C)C)CC1CCC(C)(C)O1. The summed E-state index contributed by atoms with van der Waals surface area (Å²) in [5.41, 5.74) is 0.115. The summed E-state index contributed by atoms with van der Waals surface area (Å²) >= 11 is 0. The Kier molecular flexibility index (Phi) is 6.65. The van der Waals surface area contributed by atoms with Crippen molar-refractivity contribution in [2.24, 2.45) is 11.8 Å². The van der Waals surface area contributed by atoms with Crippen molar-refractivity contribution in [3.05, 3.63) is 0 Å². The number of hydrogen-bond acceptors (Lipinski definition) is 2. The lowest BCUT2D eigenvalue weighted by molar-refractivity contribution is -0.0254. The zero-order valence-corrected chi connectivity index (χ0v) is 13.1. The molecule has 1 rings (SSSR count). The van der Waals surface area contributed by atoms with Gasteiger partial charge in [0.15, 0.2) is 0 Å². The van der Waals surface area contributed by atoms with Gasteiger partial charge >= 0.3 is 0 Å². The molecule has 2 nitrogen and oxygen atoms in total. The van der Waals surface area contributed by atoms with Crippen LogP contribution in [0.25, 0.3) is 0 Å². The van der Waals surface area contributed by atoms with Crippen molar-refractivity contribution < 1.29 is 4.74 Å². The van der Waals surface area contributed by atoms with E-state index < -0.39 is 0 Å². The fourth-order valence-corrected chi connectivity index (χ4v) is 3.03. The summed E-state index contributed by atoms with van der Waals surface area (Å²) in [6.07, 6.45) is 6.73. The normalized spacial score (nSPS) is 24.7. The lowest BCUT2D eigenvalue weighted by Crippen LogP contribution is -2.28. The Hall–Kier alpha value is -0.0800. The van der Waals surface area contributed by atoms with E-state index in [0.29, 0.717) is 6.10 Å². The monoisotopic (exact) mass is 255 g/mol. The molecule has 0 saturated carbocycles. The number of nitrogens with one attached hydrogen (secondary N) is 1. The summed E-state index contributed by atoms with van der Waals surface area (Å²) in [7, 11) is 0. The molecular weight excluding hydrogens is 222 g/mol. The Morgan fingerprint density at radius 1 is 1.33 bits per heavy atom. The van der Waals surface area contributed by atoms with E-state index in [-0.39, 0.29) is 5.60 Å². The van der Waals surface area contributed by atoms with Crippen LogP contribution in [0.4, 0.5) is 0 Å². The Bertz CT molecular complexity index is 225. The van der Waals surface area contributed by atoms with E-state index in [1.165, 1.54) is 32.1 Å². The highest BCUT2D eigenvalue weighted by molar-refractivity contribution is 4.83. The van der Waals surface area contributed by atoms with E-state index in [1.54, 1.807) is 0 Å². The summed E-state index contributed by atoms with van der Waals surface area (Å²) in [5.74, 6) is 1.56. The summed E-state index contributed by atoms with van der Waals surface area (Å²) < 4.78 is 6.14. The first kappa shape index (κ1) is 16.0. The van der Waals surface area contributed by atoms with Crippen molar-refractivity contribution in [3.63, 3.8) is 0 Å². The van der Waals surface area contributed by atoms with Crippen LogP contribution < -0.4 is 5.32 Å². The second-order valence-electron chi connectivity index (χ2n) is 6.97. The molecular formula is C16H33NO. The Balaban J connectivity index is 2.35. The first-order valence-electron chi connectivity index (χ1n) is 7.81. The highest BCUT2D eigenvalue weighted by atomic mass is 16.5. The molecule has 0 aromatic rings. The molecule has 0 radical (unpaired) electrons. The third-order valence-electron chi connectivity index (χ3n) is 3.81. The van der Waals surface area contributed by atoms with Gasteiger partial charge in [-0.05, 0) is 70.9 Å². The molecule has 1 saturated heterocycles. The van der Waals surface area contributed by atoms with E-state index in [2.05, 4.69) is 39.9 Å². The van der Waals surface area contributed by atoms with Crippen molar-refractivity contribution >= 4 is 0 Å². The van der Waals surface area contributed by atoms with E-state index in [0.717, 1.165) is 24.9 Å². The van der Waals surface area contributed by atoms with Gasteiger partial charge in [-0.15, -0.1) is 0 Å². The standard InChI is InChI=1S/C16H33NO/c1-6-9-17-12-14(10-13(2)3)11-15-7-8-16(4,5)18-15/h13-15,17H,6-12H2,1-5H3. The smallest absolute Gasteiger partial charge is 0.0631 e. The zero-order valence-electron chi connectivity index (χ0n) is 13.1. The van der Waals surface area contributed by atoms with Crippen molar-refractivity contribution in [1.82, 2.24) is 5.32 Å². The van der Waals surface area contributed by atoms with Crippen molar-refractivity contribution in [2.75, 3.05) is 13.1 Å². The van der Waals surface area contributed by atoms with Gasteiger partial charge < -0.3 is 10.1 Å². The average Bonchev–Trinajstić information content (AvgIpc) is 2.57. The lowest BCUT2D eigenvalue weighted by atomic mass is 9.91. The van der Waals surface area contributed by atoms with Crippen LogP contribution in [0.1, 0.15) is 66.7 Å². The molecule has 0 aliphatic carbocycles. The minimum Gasteiger partial charge on any atom is -0.372 e.